The van der Waals surface area contributed by atoms with Gasteiger partial charge in [-0.2, -0.15) is 0 Å². The van der Waals surface area contributed by atoms with Gasteiger partial charge in [-0.1, -0.05) is 31.9 Å². The number of halogens is 2. The average molecular weight is 584 g/mol. The number of benzene rings is 2. The van der Waals surface area contributed by atoms with Crippen LogP contribution in [0.5, 0.6) is 0 Å². The number of carbonyl (C=O) groups is 2. The molecule has 164 valence electrons. The second-order valence-electron chi connectivity index (χ2n) is 7.65. The fraction of sp³-hybridized carbons (Fsp3) is 0.125. The number of thiocarbonyl (C=S) groups is 1. The SMILES string of the molecule is O=C1NC(=O)C(c2cn(CCCN=C=S)c3ccc(Br)cc23)=C1c1c[nH]c2ccc(Br)cc12. The van der Waals surface area contributed by atoms with Crippen LogP contribution < -0.4 is 5.32 Å². The van der Waals surface area contributed by atoms with E-state index in [9.17, 15) is 9.59 Å². The number of aromatic nitrogens is 2. The molecule has 2 amide bonds. The molecule has 3 heterocycles. The van der Waals surface area contributed by atoms with E-state index in [4.69, 9.17) is 0 Å². The highest BCUT2D eigenvalue weighted by molar-refractivity contribution is 9.10. The molecule has 0 fully saturated rings. The predicted molar refractivity (Wildman–Crippen MR) is 140 cm³/mol. The van der Waals surface area contributed by atoms with E-state index in [0.29, 0.717) is 35.4 Å². The number of amides is 2. The van der Waals surface area contributed by atoms with Crippen molar-refractivity contribution in [2.75, 3.05) is 6.54 Å². The van der Waals surface area contributed by atoms with Crippen LogP contribution in [0.25, 0.3) is 33.0 Å². The fourth-order valence-corrected chi connectivity index (χ4v) is 5.10. The highest BCUT2D eigenvalue weighted by atomic mass is 79.9. The molecule has 0 bridgehead atoms. The standard InChI is InChI=1S/C24H16Br2N4O2S/c25-13-2-4-19-15(8-13)17(10-28-19)21-22(24(32)29-23(21)31)18-11-30(7-1-6-27-12-33)20-5-3-14(26)9-16(18)20/h2-5,8-11,28H,1,6-7H2,(H,29,31,32). The number of nitrogens with one attached hydrogen (secondary N) is 2. The van der Waals surface area contributed by atoms with E-state index in [0.717, 1.165) is 37.2 Å². The first-order chi connectivity index (χ1) is 16.0. The third-order valence-electron chi connectivity index (χ3n) is 5.69. The number of isothiocyanates is 1. The van der Waals surface area contributed by atoms with Gasteiger partial charge in [-0.3, -0.25) is 14.9 Å². The quantitative estimate of drug-likeness (QED) is 0.132. The Balaban J connectivity index is 1.74. The van der Waals surface area contributed by atoms with Crippen LogP contribution in [0.15, 0.2) is 62.7 Å². The van der Waals surface area contributed by atoms with E-state index in [2.05, 4.69) is 69.1 Å². The number of aryl methyl sites for hydroxylation is 1. The minimum Gasteiger partial charge on any atom is -0.361 e. The van der Waals surface area contributed by atoms with Crippen LogP contribution in [0, 0.1) is 0 Å². The van der Waals surface area contributed by atoms with E-state index in [-0.39, 0.29) is 0 Å². The van der Waals surface area contributed by atoms with Gasteiger partial charge in [0.1, 0.15) is 0 Å². The number of hydrogen-bond acceptors (Lipinski definition) is 4. The number of H-pyrrole nitrogens is 1. The predicted octanol–water partition coefficient (Wildman–Crippen LogP) is 5.71. The fourth-order valence-electron chi connectivity index (χ4n) is 4.29. The molecule has 2 aromatic heterocycles. The van der Waals surface area contributed by atoms with Crippen molar-refractivity contribution in [1.82, 2.24) is 14.9 Å². The molecule has 0 spiro atoms. The maximum atomic E-state index is 13.1. The van der Waals surface area contributed by atoms with Gasteiger partial charge in [0, 0.05) is 60.8 Å². The van der Waals surface area contributed by atoms with E-state index in [1.165, 1.54) is 0 Å². The van der Waals surface area contributed by atoms with Crippen molar-refractivity contribution >= 4 is 94.0 Å². The van der Waals surface area contributed by atoms with Gasteiger partial charge in [0.15, 0.2) is 0 Å². The largest absolute Gasteiger partial charge is 0.361 e. The summed E-state index contributed by atoms with van der Waals surface area (Å²) < 4.78 is 3.87. The van der Waals surface area contributed by atoms with Gasteiger partial charge < -0.3 is 9.55 Å². The summed E-state index contributed by atoms with van der Waals surface area (Å²) in [5.41, 5.74) is 4.01. The number of rotatable bonds is 6. The van der Waals surface area contributed by atoms with Gasteiger partial charge >= 0.3 is 0 Å². The molecule has 0 unspecified atom stereocenters. The smallest absolute Gasteiger partial charge is 0.259 e. The molecular weight excluding hydrogens is 568 g/mol. The van der Waals surface area contributed by atoms with Gasteiger partial charge in [-0.05, 0) is 55.0 Å². The number of nitrogens with zero attached hydrogens (tertiary/aromatic N) is 2. The van der Waals surface area contributed by atoms with Crippen LogP contribution in [0.3, 0.4) is 0 Å². The molecule has 2 aromatic carbocycles. The highest BCUT2D eigenvalue weighted by Crippen LogP contribution is 2.39. The molecule has 0 saturated heterocycles. The molecule has 0 radical (unpaired) electrons. The third kappa shape index (κ3) is 3.91. The summed E-state index contributed by atoms with van der Waals surface area (Å²) in [6.07, 6.45) is 4.50. The summed E-state index contributed by atoms with van der Waals surface area (Å²) in [5, 5.41) is 6.64. The van der Waals surface area contributed by atoms with Crippen molar-refractivity contribution in [2.45, 2.75) is 13.0 Å². The summed E-state index contributed by atoms with van der Waals surface area (Å²) in [4.78, 5) is 33.2. The van der Waals surface area contributed by atoms with E-state index in [1.54, 1.807) is 6.20 Å². The normalized spacial score (nSPS) is 13.8. The monoisotopic (exact) mass is 582 g/mol. The van der Waals surface area contributed by atoms with E-state index < -0.39 is 11.8 Å². The van der Waals surface area contributed by atoms with Crippen LogP contribution >= 0.6 is 44.1 Å². The van der Waals surface area contributed by atoms with Gasteiger partial charge in [0.05, 0.1) is 22.9 Å². The number of imide groups is 1. The lowest BCUT2D eigenvalue weighted by Crippen LogP contribution is -2.22. The minimum absolute atomic E-state index is 0.369. The molecule has 2 N–H and O–H groups in total. The maximum absolute atomic E-state index is 13.1. The number of carbonyl (C=O) groups excluding carboxylic acids is 2. The summed E-state index contributed by atoms with van der Waals surface area (Å²) in [5.74, 6) is -0.800. The summed E-state index contributed by atoms with van der Waals surface area (Å²) in [7, 11) is 0. The van der Waals surface area contributed by atoms with Crippen molar-refractivity contribution in [1.29, 1.82) is 0 Å². The number of hydrogen-bond donors (Lipinski definition) is 2. The average Bonchev–Trinajstić information content (AvgIpc) is 3.43. The van der Waals surface area contributed by atoms with Crippen molar-refractivity contribution in [3.63, 3.8) is 0 Å². The Bertz CT molecular complexity index is 1540. The first-order valence-corrected chi connectivity index (χ1v) is 12.2. The van der Waals surface area contributed by atoms with Crippen LogP contribution in [0.4, 0.5) is 0 Å². The van der Waals surface area contributed by atoms with Gasteiger partial charge in [-0.25, -0.2) is 4.99 Å². The number of fused-ring (bicyclic) bond motifs is 2. The van der Waals surface area contributed by atoms with E-state index >= 15 is 0 Å². The summed E-state index contributed by atoms with van der Waals surface area (Å²) in [6.45, 7) is 1.27. The van der Waals surface area contributed by atoms with Crippen molar-refractivity contribution in [3.05, 3.63) is 68.9 Å². The molecule has 1 aliphatic heterocycles. The zero-order valence-electron chi connectivity index (χ0n) is 17.1. The Labute approximate surface area is 211 Å². The van der Waals surface area contributed by atoms with Crippen molar-refractivity contribution in [2.24, 2.45) is 4.99 Å². The van der Waals surface area contributed by atoms with Gasteiger partial charge in [0.25, 0.3) is 11.8 Å². The molecule has 9 heteroatoms. The molecule has 1 aliphatic rings. The zero-order chi connectivity index (χ0) is 23.1. The van der Waals surface area contributed by atoms with Crippen molar-refractivity contribution < 1.29 is 9.59 Å². The minimum atomic E-state index is -0.401. The first-order valence-electron chi connectivity index (χ1n) is 10.2. The second kappa shape index (κ2) is 8.83. The second-order valence-corrected chi connectivity index (χ2v) is 9.66. The zero-order valence-corrected chi connectivity index (χ0v) is 21.1. The number of aliphatic imine (C=N–C) groups is 1. The maximum Gasteiger partial charge on any atom is 0.259 e. The Morgan fingerprint density at radius 2 is 1.67 bits per heavy atom. The lowest BCUT2D eigenvalue weighted by molar-refractivity contribution is -0.122. The van der Waals surface area contributed by atoms with Gasteiger partial charge in [0.2, 0.25) is 0 Å². The van der Waals surface area contributed by atoms with Crippen LogP contribution in [0.2, 0.25) is 0 Å². The summed E-state index contributed by atoms with van der Waals surface area (Å²) in [6, 6.07) is 11.7. The lowest BCUT2D eigenvalue weighted by atomic mass is 9.95. The molecule has 5 rings (SSSR count). The van der Waals surface area contributed by atoms with Gasteiger partial charge in [-0.15, -0.1) is 0 Å². The molecule has 33 heavy (non-hydrogen) atoms. The molecular formula is C24H16Br2N4O2S. The first kappa shape index (κ1) is 22.0. The van der Waals surface area contributed by atoms with Crippen LogP contribution in [-0.4, -0.2) is 33.1 Å². The van der Waals surface area contributed by atoms with E-state index in [1.807, 2.05) is 42.6 Å². The third-order valence-corrected chi connectivity index (χ3v) is 6.81. The Morgan fingerprint density at radius 1 is 0.970 bits per heavy atom. The lowest BCUT2D eigenvalue weighted by Gasteiger charge is -2.03. The molecule has 0 atom stereocenters. The number of aromatic amines is 1. The Hall–Kier alpha value is -2.84. The molecule has 6 nitrogen and oxygen atoms in total. The Morgan fingerprint density at radius 3 is 2.42 bits per heavy atom. The van der Waals surface area contributed by atoms with Crippen LogP contribution in [-0.2, 0) is 16.1 Å². The topological polar surface area (TPSA) is 79.2 Å². The van der Waals surface area contributed by atoms with Crippen molar-refractivity contribution in [3.8, 4) is 0 Å². The molecule has 0 aliphatic carbocycles. The highest BCUT2D eigenvalue weighted by Gasteiger charge is 2.35. The molecule has 0 saturated carbocycles. The summed E-state index contributed by atoms with van der Waals surface area (Å²) >= 11 is 11.7. The Kier molecular flexibility index (Phi) is 5.88. The molecule has 4 aromatic rings. The van der Waals surface area contributed by atoms with Crippen LogP contribution in [0.1, 0.15) is 17.5 Å².